The summed E-state index contributed by atoms with van der Waals surface area (Å²) >= 11 is 0. The summed E-state index contributed by atoms with van der Waals surface area (Å²) in [7, 11) is -1.02. The van der Waals surface area contributed by atoms with Crippen LogP contribution in [-0.4, -0.2) is 37.3 Å². The fourth-order valence-corrected chi connectivity index (χ4v) is 5.09. The molecular weight excluding hydrogens is 165 g/mol. The minimum atomic E-state index is -1.02. The van der Waals surface area contributed by atoms with Crippen LogP contribution in [0, 0.1) is 0 Å². The van der Waals surface area contributed by atoms with E-state index in [2.05, 4.69) is 38.8 Å². The van der Waals surface area contributed by atoms with E-state index in [9.17, 15) is 0 Å². The van der Waals surface area contributed by atoms with Crippen molar-refractivity contribution < 1.29 is 0 Å². The van der Waals surface area contributed by atoms with E-state index in [1.165, 1.54) is 32.1 Å². The Morgan fingerprint density at radius 1 is 1.00 bits per heavy atom. The van der Waals surface area contributed by atoms with Crippen LogP contribution in [0.3, 0.4) is 0 Å². The Morgan fingerprint density at radius 2 is 1.50 bits per heavy atom. The molecule has 0 aromatic heterocycles. The molecular formula is C10H26NP. The van der Waals surface area contributed by atoms with E-state index in [0.717, 1.165) is 0 Å². The maximum atomic E-state index is 2.68. The summed E-state index contributed by atoms with van der Waals surface area (Å²) in [6.45, 7) is 14.3. The normalized spacial score (nSPS) is 13.8. The topological polar surface area (TPSA) is 3.24 Å². The first-order chi connectivity index (χ1) is 5.58. The number of unbranched alkanes of at least 4 members (excludes halogenated alkanes) is 1. The van der Waals surface area contributed by atoms with Gasteiger partial charge >= 0.3 is 78.3 Å². The van der Waals surface area contributed by atoms with Crippen molar-refractivity contribution in [1.29, 1.82) is 0 Å². The molecule has 0 rings (SSSR count). The van der Waals surface area contributed by atoms with Gasteiger partial charge in [-0.3, -0.25) is 0 Å². The molecule has 76 valence electrons. The fraction of sp³-hybridized carbons (Fsp3) is 1.00. The van der Waals surface area contributed by atoms with E-state index in [-0.39, 0.29) is 0 Å². The molecule has 0 radical (unpaired) electrons. The van der Waals surface area contributed by atoms with Crippen LogP contribution in [0.15, 0.2) is 0 Å². The summed E-state index contributed by atoms with van der Waals surface area (Å²) < 4.78 is 2.68. The molecule has 0 heterocycles. The van der Waals surface area contributed by atoms with Crippen LogP contribution in [0.25, 0.3) is 0 Å². The Morgan fingerprint density at radius 3 is 1.83 bits per heavy atom. The maximum absolute atomic E-state index is 2.68. The van der Waals surface area contributed by atoms with E-state index in [1.54, 1.807) is 0 Å². The van der Waals surface area contributed by atoms with Crippen molar-refractivity contribution in [3.63, 3.8) is 0 Å². The van der Waals surface area contributed by atoms with Crippen LogP contribution in [0.2, 0.25) is 0 Å². The Bertz CT molecular complexity index is 108. The first-order valence-corrected chi connectivity index (χ1v) is 8.49. The minimum absolute atomic E-state index is 1.02. The zero-order valence-corrected chi connectivity index (χ0v) is 10.5. The van der Waals surface area contributed by atoms with Crippen molar-refractivity contribution >= 4 is 7.41 Å². The van der Waals surface area contributed by atoms with Crippen LogP contribution in [-0.2, 0) is 0 Å². The zero-order valence-electron chi connectivity index (χ0n) is 9.48. The van der Waals surface area contributed by atoms with Crippen molar-refractivity contribution in [3.05, 3.63) is 0 Å². The van der Waals surface area contributed by atoms with Crippen molar-refractivity contribution in [3.8, 4) is 0 Å². The van der Waals surface area contributed by atoms with E-state index >= 15 is 0 Å². The second-order valence-electron chi connectivity index (χ2n) is 4.09. The van der Waals surface area contributed by atoms with Gasteiger partial charge in [-0.15, -0.1) is 0 Å². The standard InChI is InChI=1S/C10H26NP/c1-6-9-10-12(4,5)11(7-2)8-3/h12H,6-10H2,1-5H3. The Balaban J connectivity index is 3.96. The quantitative estimate of drug-likeness (QED) is 0.583. The van der Waals surface area contributed by atoms with Crippen molar-refractivity contribution in [2.24, 2.45) is 0 Å². The van der Waals surface area contributed by atoms with Gasteiger partial charge in [-0.25, -0.2) is 0 Å². The van der Waals surface area contributed by atoms with Gasteiger partial charge in [0.15, 0.2) is 0 Å². The summed E-state index contributed by atoms with van der Waals surface area (Å²) in [6.07, 6.45) is 4.22. The Kier molecular flexibility index (Phi) is 6.13. The monoisotopic (exact) mass is 191 g/mol. The molecule has 0 saturated carbocycles. The van der Waals surface area contributed by atoms with Crippen LogP contribution in [0.4, 0.5) is 0 Å². The molecule has 0 bridgehead atoms. The van der Waals surface area contributed by atoms with Gasteiger partial charge in [0.1, 0.15) is 0 Å². The summed E-state index contributed by atoms with van der Waals surface area (Å²) in [5.41, 5.74) is 0. The molecule has 0 aliphatic rings. The van der Waals surface area contributed by atoms with E-state index in [1.807, 2.05) is 0 Å². The fourth-order valence-electron chi connectivity index (χ4n) is 1.85. The molecule has 12 heavy (non-hydrogen) atoms. The van der Waals surface area contributed by atoms with Gasteiger partial charge in [-0.05, 0) is 0 Å². The van der Waals surface area contributed by atoms with Gasteiger partial charge in [0.2, 0.25) is 0 Å². The van der Waals surface area contributed by atoms with E-state index in [4.69, 9.17) is 0 Å². The summed E-state index contributed by atoms with van der Waals surface area (Å²) in [5.74, 6) is 0. The molecule has 0 saturated heterocycles. The summed E-state index contributed by atoms with van der Waals surface area (Å²) in [4.78, 5) is 0. The molecule has 0 aliphatic carbocycles. The number of nitrogens with zero attached hydrogens (tertiary/aromatic N) is 1. The molecule has 1 nitrogen and oxygen atoms in total. The molecule has 0 atom stereocenters. The van der Waals surface area contributed by atoms with Crippen LogP contribution in [0.5, 0.6) is 0 Å². The van der Waals surface area contributed by atoms with Gasteiger partial charge in [0.25, 0.3) is 0 Å². The molecule has 0 amide bonds. The predicted molar refractivity (Wildman–Crippen MR) is 62.9 cm³/mol. The molecule has 0 fully saturated rings. The predicted octanol–water partition coefficient (Wildman–Crippen LogP) is 3.05. The van der Waals surface area contributed by atoms with Gasteiger partial charge in [-0.2, -0.15) is 0 Å². The average Bonchev–Trinajstić information content (AvgIpc) is 2.03. The SMILES string of the molecule is CCCC[PH](C)(C)N(CC)CC. The molecule has 0 aliphatic heterocycles. The van der Waals surface area contributed by atoms with Crippen molar-refractivity contribution in [1.82, 2.24) is 4.67 Å². The third kappa shape index (κ3) is 3.87. The molecule has 0 aromatic carbocycles. The van der Waals surface area contributed by atoms with Crippen LogP contribution in [0.1, 0.15) is 33.6 Å². The second kappa shape index (κ2) is 5.94. The average molecular weight is 191 g/mol. The van der Waals surface area contributed by atoms with Crippen LogP contribution >= 0.6 is 7.41 Å². The number of hydrogen-bond acceptors (Lipinski definition) is 1. The van der Waals surface area contributed by atoms with Gasteiger partial charge in [-0.1, -0.05) is 0 Å². The third-order valence-corrected chi connectivity index (χ3v) is 6.68. The molecule has 0 aromatic rings. The van der Waals surface area contributed by atoms with E-state index in [0.29, 0.717) is 0 Å². The Hall–Kier alpha value is 0.390. The Labute approximate surface area is 78.9 Å². The van der Waals surface area contributed by atoms with Gasteiger partial charge in [0, 0.05) is 0 Å². The van der Waals surface area contributed by atoms with Gasteiger partial charge in [0.05, 0.1) is 0 Å². The van der Waals surface area contributed by atoms with Crippen LogP contribution < -0.4 is 0 Å². The summed E-state index contributed by atoms with van der Waals surface area (Å²) in [6, 6.07) is 0. The molecule has 2 heteroatoms. The van der Waals surface area contributed by atoms with Crippen molar-refractivity contribution in [2.45, 2.75) is 33.6 Å². The second-order valence-corrected chi connectivity index (χ2v) is 8.85. The number of rotatable bonds is 6. The zero-order chi connectivity index (χ0) is 9.61. The first-order valence-electron chi connectivity index (χ1n) is 5.33. The first kappa shape index (κ1) is 12.4. The molecule has 0 spiro atoms. The number of hydrogen-bond donors (Lipinski definition) is 0. The van der Waals surface area contributed by atoms with Gasteiger partial charge < -0.3 is 0 Å². The summed E-state index contributed by atoms with van der Waals surface area (Å²) in [5, 5.41) is 0. The van der Waals surface area contributed by atoms with E-state index < -0.39 is 7.41 Å². The molecule has 0 unspecified atom stereocenters. The third-order valence-electron chi connectivity index (χ3n) is 2.76. The van der Waals surface area contributed by atoms with Crippen molar-refractivity contribution in [2.75, 3.05) is 32.6 Å². The molecule has 0 N–H and O–H groups in total.